The fourth-order valence-corrected chi connectivity index (χ4v) is 2.23. The summed E-state index contributed by atoms with van der Waals surface area (Å²) in [5.74, 6) is 1.53. The zero-order valence-electron chi connectivity index (χ0n) is 10.4. The van der Waals surface area contributed by atoms with E-state index in [1.165, 1.54) is 0 Å². The third kappa shape index (κ3) is 2.57. The molecule has 0 aliphatic carbocycles. The summed E-state index contributed by atoms with van der Waals surface area (Å²) < 4.78 is 0. The molecule has 1 atom stereocenters. The monoisotopic (exact) mass is 233 g/mol. The van der Waals surface area contributed by atoms with Gasteiger partial charge in [0.25, 0.3) is 5.91 Å². The van der Waals surface area contributed by atoms with E-state index in [0.29, 0.717) is 5.92 Å². The van der Waals surface area contributed by atoms with Gasteiger partial charge in [-0.05, 0) is 24.5 Å². The summed E-state index contributed by atoms with van der Waals surface area (Å²) in [6, 6.07) is 3.59. The van der Waals surface area contributed by atoms with Crippen LogP contribution in [0.15, 0.2) is 18.3 Å². The average molecular weight is 233 g/mol. The van der Waals surface area contributed by atoms with Crippen LogP contribution in [0.3, 0.4) is 0 Å². The number of anilines is 1. The smallest absolute Gasteiger partial charge is 0.254 e. The van der Waals surface area contributed by atoms with E-state index in [1.54, 1.807) is 19.3 Å². The van der Waals surface area contributed by atoms with Gasteiger partial charge in [-0.2, -0.15) is 0 Å². The molecule has 1 unspecified atom stereocenters. The maximum atomic E-state index is 12.2. The normalized spacial score (nSPS) is 19.4. The van der Waals surface area contributed by atoms with Gasteiger partial charge in [-0.3, -0.25) is 4.79 Å². The molecule has 1 aliphatic heterocycles. The molecule has 1 fully saturated rings. The Kier molecular flexibility index (Phi) is 3.61. The molecule has 0 aromatic carbocycles. The number of hydrogen-bond donors (Lipinski definition) is 1. The number of rotatable bonds is 3. The van der Waals surface area contributed by atoms with E-state index in [0.717, 1.165) is 37.3 Å². The van der Waals surface area contributed by atoms with Crippen LogP contribution in [-0.2, 0) is 0 Å². The van der Waals surface area contributed by atoms with Crippen molar-refractivity contribution in [2.45, 2.75) is 19.8 Å². The summed E-state index contributed by atoms with van der Waals surface area (Å²) in [5.41, 5.74) is 0.723. The van der Waals surface area contributed by atoms with Crippen LogP contribution < -0.4 is 5.32 Å². The van der Waals surface area contributed by atoms with Crippen molar-refractivity contribution in [3.05, 3.63) is 23.9 Å². The first-order chi connectivity index (χ1) is 8.24. The molecule has 0 spiro atoms. The number of nitrogens with one attached hydrogen (secondary N) is 1. The quantitative estimate of drug-likeness (QED) is 0.868. The Bertz CT molecular complexity index is 405. The maximum absolute atomic E-state index is 12.2. The molecule has 4 heteroatoms. The molecule has 1 saturated heterocycles. The lowest BCUT2D eigenvalue weighted by atomic mass is 10.1. The minimum atomic E-state index is 0.125. The van der Waals surface area contributed by atoms with Crippen molar-refractivity contribution < 1.29 is 4.79 Å². The van der Waals surface area contributed by atoms with E-state index >= 15 is 0 Å². The standard InChI is InChI=1S/C13H19N3O/c1-3-10-5-7-16(9-10)13(17)11-4-6-15-12(8-11)14-2/h4,6,8,10H,3,5,7,9H2,1-2H3,(H,14,15). The summed E-state index contributed by atoms with van der Waals surface area (Å²) >= 11 is 0. The summed E-state index contributed by atoms with van der Waals surface area (Å²) in [4.78, 5) is 18.3. The first-order valence-corrected chi connectivity index (χ1v) is 6.17. The number of pyridine rings is 1. The van der Waals surface area contributed by atoms with Crippen molar-refractivity contribution in [2.24, 2.45) is 5.92 Å². The highest BCUT2D eigenvalue weighted by atomic mass is 16.2. The molecule has 1 aromatic heterocycles. The largest absolute Gasteiger partial charge is 0.373 e. The zero-order valence-corrected chi connectivity index (χ0v) is 10.4. The minimum Gasteiger partial charge on any atom is -0.373 e. The van der Waals surface area contributed by atoms with Crippen molar-refractivity contribution in [1.82, 2.24) is 9.88 Å². The Morgan fingerprint density at radius 3 is 3.12 bits per heavy atom. The Morgan fingerprint density at radius 2 is 2.47 bits per heavy atom. The highest BCUT2D eigenvalue weighted by molar-refractivity contribution is 5.95. The van der Waals surface area contributed by atoms with Crippen molar-refractivity contribution in [2.75, 3.05) is 25.5 Å². The number of hydrogen-bond acceptors (Lipinski definition) is 3. The van der Waals surface area contributed by atoms with Crippen LogP contribution in [0.25, 0.3) is 0 Å². The molecule has 92 valence electrons. The third-order valence-corrected chi connectivity index (χ3v) is 3.41. The van der Waals surface area contributed by atoms with Crippen LogP contribution in [0, 0.1) is 5.92 Å². The Hall–Kier alpha value is -1.58. The Labute approximate surface area is 102 Å². The van der Waals surface area contributed by atoms with E-state index in [9.17, 15) is 4.79 Å². The Balaban J connectivity index is 2.09. The minimum absolute atomic E-state index is 0.125. The van der Waals surface area contributed by atoms with E-state index in [4.69, 9.17) is 0 Å². The number of amides is 1. The van der Waals surface area contributed by atoms with Crippen molar-refractivity contribution in [3.8, 4) is 0 Å². The maximum Gasteiger partial charge on any atom is 0.254 e. The molecule has 4 nitrogen and oxygen atoms in total. The molecule has 0 saturated carbocycles. The fraction of sp³-hybridized carbons (Fsp3) is 0.538. The number of carbonyl (C=O) groups excluding carboxylic acids is 1. The van der Waals surface area contributed by atoms with Gasteiger partial charge in [-0.25, -0.2) is 4.98 Å². The van der Waals surface area contributed by atoms with E-state index < -0.39 is 0 Å². The van der Waals surface area contributed by atoms with Gasteiger partial charge in [0.1, 0.15) is 5.82 Å². The van der Waals surface area contributed by atoms with Gasteiger partial charge in [0.15, 0.2) is 0 Å². The van der Waals surface area contributed by atoms with Crippen LogP contribution in [0.5, 0.6) is 0 Å². The number of carbonyl (C=O) groups is 1. The zero-order chi connectivity index (χ0) is 12.3. The molecule has 17 heavy (non-hydrogen) atoms. The fourth-order valence-electron chi connectivity index (χ4n) is 2.23. The molecule has 0 bridgehead atoms. The summed E-state index contributed by atoms with van der Waals surface area (Å²) in [6.45, 7) is 3.96. The molecule has 1 amide bonds. The molecule has 1 N–H and O–H groups in total. The highest BCUT2D eigenvalue weighted by Crippen LogP contribution is 2.21. The van der Waals surface area contributed by atoms with Crippen LogP contribution in [-0.4, -0.2) is 35.9 Å². The molecular formula is C13H19N3O. The summed E-state index contributed by atoms with van der Waals surface area (Å²) in [5, 5.41) is 2.95. The van der Waals surface area contributed by atoms with Gasteiger partial charge in [0.05, 0.1) is 0 Å². The lowest BCUT2D eigenvalue weighted by molar-refractivity contribution is 0.0787. The summed E-state index contributed by atoms with van der Waals surface area (Å²) in [7, 11) is 1.81. The van der Waals surface area contributed by atoms with Gasteiger partial charge >= 0.3 is 0 Å². The second kappa shape index (κ2) is 5.17. The van der Waals surface area contributed by atoms with Crippen molar-refractivity contribution in [3.63, 3.8) is 0 Å². The van der Waals surface area contributed by atoms with Gasteiger partial charge in [-0.1, -0.05) is 13.3 Å². The van der Waals surface area contributed by atoms with Gasteiger partial charge in [0, 0.05) is 31.9 Å². The highest BCUT2D eigenvalue weighted by Gasteiger charge is 2.25. The van der Waals surface area contributed by atoms with Gasteiger partial charge < -0.3 is 10.2 Å². The van der Waals surface area contributed by atoms with Crippen LogP contribution in [0.1, 0.15) is 30.1 Å². The van der Waals surface area contributed by atoms with E-state index in [2.05, 4.69) is 17.2 Å². The molecule has 1 aromatic rings. The number of likely N-dealkylation sites (tertiary alicyclic amines) is 1. The number of aromatic nitrogens is 1. The molecule has 2 heterocycles. The van der Waals surface area contributed by atoms with Gasteiger partial charge in [0.2, 0.25) is 0 Å². The van der Waals surface area contributed by atoms with Crippen LogP contribution >= 0.6 is 0 Å². The number of nitrogens with zero attached hydrogens (tertiary/aromatic N) is 2. The predicted molar refractivity (Wildman–Crippen MR) is 68.1 cm³/mol. The second-order valence-corrected chi connectivity index (χ2v) is 4.49. The SMILES string of the molecule is CCC1CCN(C(=O)c2ccnc(NC)c2)C1. The third-order valence-electron chi connectivity index (χ3n) is 3.41. The van der Waals surface area contributed by atoms with Crippen molar-refractivity contribution in [1.29, 1.82) is 0 Å². The average Bonchev–Trinajstić information content (AvgIpc) is 2.86. The lowest BCUT2D eigenvalue weighted by Gasteiger charge is -2.16. The molecule has 1 aliphatic rings. The molecular weight excluding hydrogens is 214 g/mol. The topological polar surface area (TPSA) is 45.2 Å². The van der Waals surface area contributed by atoms with Crippen LogP contribution in [0.4, 0.5) is 5.82 Å². The second-order valence-electron chi connectivity index (χ2n) is 4.49. The molecule has 0 radical (unpaired) electrons. The summed E-state index contributed by atoms with van der Waals surface area (Å²) in [6.07, 6.45) is 3.96. The van der Waals surface area contributed by atoms with Crippen molar-refractivity contribution >= 4 is 11.7 Å². The Morgan fingerprint density at radius 1 is 1.65 bits per heavy atom. The lowest BCUT2D eigenvalue weighted by Crippen LogP contribution is -2.28. The van der Waals surface area contributed by atoms with E-state index in [-0.39, 0.29) is 5.91 Å². The van der Waals surface area contributed by atoms with Gasteiger partial charge in [-0.15, -0.1) is 0 Å². The van der Waals surface area contributed by atoms with E-state index in [1.807, 2.05) is 11.0 Å². The molecule has 2 rings (SSSR count). The predicted octanol–water partition coefficient (Wildman–Crippen LogP) is 2.00. The van der Waals surface area contributed by atoms with Crippen LogP contribution in [0.2, 0.25) is 0 Å². The first kappa shape index (κ1) is 11.9. The first-order valence-electron chi connectivity index (χ1n) is 6.17.